The van der Waals surface area contributed by atoms with E-state index in [4.69, 9.17) is 5.11 Å². The van der Waals surface area contributed by atoms with Crippen molar-refractivity contribution in [2.75, 3.05) is 6.61 Å². The minimum Gasteiger partial charge on any atom is -0.478 e. The Bertz CT molecular complexity index is 250. The fourth-order valence-electron chi connectivity index (χ4n) is 0.469. The quantitative estimate of drug-likeness (QED) is 0.390. The van der Waals surface area contributed by atoms with Gasteiger partial charge in [0, 0.05) is 12.2 Å². The van der Waals surface area contributed by atoms with E-state index in [-0.39, 0.29) is 6.61 Å². The zero-order chi connectivity index (χ0) is 10.1. The predicted molar refractivity (Wildman–Crippen MR) is 47.1 cm³/mol. The molecule has 0 saturated heterocycles. The summed E-state index contributed by atoms with van der Waals surface area (Å²) in [6, 6.07) is 0. The molecule has 0 fully saturated rings. The molecule has 0 aliphatic heterocycles. The molecule has 13 heavy (non-hydrogen) atoms. The van der Waals surface area contributed by atoms with Gasteiger partial charge in [0.05, 0.1) is 0 Å². The summed E-state index contributed by atoms with van der Waals surface area (Å²) in [7, 11) is 0. The molecule has 0 aliphatic rings. The second-order valence-corrected chi connectivity index (χ2v) is 1.97. The maximum absolute atomic E-state index is 10.7. The van der Waals surface area contributed by atoms with Crippen LogP contribution >= 0.6 is 0 Å². The molecule has 0 atom stereocenters. The van der Waals surface area contributed by atoms with Crippen LogP contribution in [-0.2, 0) is 14.3 Å². The highest BCUT2D eigenvalue weighted by Gasteiger charge is 1.95. The molecule has 0 spiro atoms. The molecule has 0 aromatic carbocycles. The van der Waals surface area contributed by atoms with E-state index >= 15 is 0 Å². The Morgan fingerprint density at radius 2 is 2.08 bits per heavy atom. The second kappa shape index (κ2) is 6.84. The van der Waals surface area contributed by atoms with E-state index in [9.17, 15) is 9.59 Å². The van der Waals surface area contributed by atoms with E-state index in [2.05, 4.69) is 11.3 Å². The maximum atomic E-state index is 10.7. The number of hydrogen-bond donors (Lipinski definition) is 1. The van der Waals surface area contributed by atoms with Gasteiger partial charge in [-0.25, -0.2) is 9.59 Å². The van der Waals surface area contributed by atoms with E-state index in [0.717, 1.165) is 12.2 Å². The smallest absolute Gasteiger partial charge is 0.331 e. The van der Waals surface area contributed by atoms with Crippen LogP contribution in [0.2, 0.25) is 0 Å². The van der Waals surface area contributed by atoms with Crippen LogP contribution in [0.5, 0.6) is 0 Å². The Morgan fingerprint density at radius 3 is 2.62 bits per heavy atom. The monoisotopic (exact) mass is 182 g/mol. The molecular formula is C9H10O4. The Labute approximate surface area is 75.8 Å². The summed E-state index contributed by atoms with van der Waals surface area (Å²) in [4.78, 5) is 20.6. The first-order chi connectivity index (χ1) is 6.16. The van der Waals surface area contributed by atoms with Gasteiger partial charge in [0.25, 0.3) is 0 Å². The molecule has 1 N–H and O–H groups in total. The van der Waals surface area contributed by atoms with Crippen LogP contribution in [0.3, 0.4) is 0 Å². The number of hydrogen-bond acceptors (Lipinski definition) is 3. The van der Waals surface area contributed by atoms with Gasteiger partial charge >= 0.3 is 11.9 Å². The van der Waals surface area contributed by atoms with Crippen molar-refractivity contribution in [1.82, 2.24) is 0 Å². The van der Waals surface area contributed by atoms with Crippen molar-refractivity contribution < 1.29 is 19.4 Å². The molecule has 0 aromatic heterocycles. The molecule has 0 unspecified atom stereocenters. The Morgan fingerprint density at radius 1 is 1.38 bits per heavy atom. The average Bonchev–Trinajstić information content (AvgIpc) is 2.09. The molecule has 0 aromatic rings. The fraction of sp³-hybridized carbons (Fsp3) is 0.111. The second-order valence-electron chi connectivity index (χ2n) is 1.97. The Balaban J connectivity index is 3.69. The van der Waals surface area contributed by atoms with E-state index < -0.39 is 11.9 Å². The van der Waals surface area contributed by atoms with Gasteiger partial charge in [0.15, 0.2) is 0 Å². The number of carboxylic acids is 1. The summed E-state index contributed by atoms with van der Waals surface area (Å²) >= 11 is 0. The van der Waals surface area contributed by atoms with E-state index in [1.165, 1.54) is 0 Å². The Hall–Kier alpha value is -1.84. The number of esters is 1. The highest BCUT2D eigenvalue weighted by atomic mass is 16.5. The minimum atomic E-state index is -1.18. The lowest BCUT2D eigenvalue weighted by Gasteiger charge is -1.94. The number of carbonyl (C=O) groups excluding carboxylic acids is 1. The number of carbonyl (C=O) groups is 2. The van der Waals surface area contributed by atoms with Crippen molar-refractivity contribution in [2.24, 2.45) is 0 Å². The van der Waals surface area contributed by atoms with Gasteiger partial charge in [0.2, 0.25) is 0 Å². The molecule has 0 heterocycles. The summed E-state index contributed by atoms with van der Waals surface area (Å²) in [5.74, 6) is -1.87. The topological polar surface area (TPSA) is 63.6 Å². The summed E-state index contributed by atoms with van der Waals surface area (Å²) < 4.78 is 4.57. The minimum absolute atomic E-state index is 0.106. The van der Waals surface area contributed by atoms with Crippen LogP contribution in [0.1, 0.15) is 0 Å². The third-order valence-electron chi connectivity index (χ3n) is 0.956. The zero-order valence-corrected chi connectivity index (χ0v) is 6.97. The Kier molecular flexibility index (Phi) is 5.88. The lowest BCUT2D eigenvalue weighted by atomic mass is 10.5. The fourth-order valence-corrected chi connectivity index (χ4v) is 0.469. The normalized spacial score (nSPS) is 10.5. The first-order valence-corrected chi connectivity index (χ1v) is 3.52. The SMILES string of the molecule is C=C/C=C/COC(=O)/C=C\C(=O)O. The lowest BCUT2D eigenvalue weighted by molar-refractivity contribution is -0.137. The molecule has 0 bridgehead atoms. The van der Waals surface area contributed by atoms with Crippen LogP contribution in [0, 0.1) is 0 Å². The number of carboxylic acid groups (broad SMARTS) is 1. The number of allylic oxidation sites excluding steroid dienone is 2. The van der Waals surface area contributed by atoms with Crippen LogP contribution < -0.4 is 0 Å². The highest BCUT2D eigenvalue weighted by Crippen LogP contribution is 1.83. The van der Waals surface area contributed by atoms with Crippen LogP contribution in [0.15, 0.2) is 37.0 Å². The zero-order valence-electron chi connectivity index (χ0n) is 6.97. The summed E-state index contributed by atoms with van der Waals surface area (Å²) in [6.45, 7) is 3.52. The van der Waals surface area contributed by atoms with Crippen LogP contribution in [0.4, 0.5) is 0 Å². The molecule has 0 aliphatic carbocycles. The summed E-state index contributed by atoms with van der Waals surface area (Å²) in [5.41, 5.74) is 0. The number of rotatable bonds is 5. The first-order valence-electron chi connectivity index (χ1n) is 3.52. The van der Waals surface area contributed by atoms with Gasteiger partial charge in [-0.15, -0.1) is 0 Å². The third kappa shape index (κ3) is 8.06. The van der Waals surface area contributed by atoms with Crippen molar-refractivity contribution in [3.8, 4) is 0 Å². The van der Waals surface area contributed by atoms with Gasteiger partial charge in [-0.2, -0.15) is 0 Å². The maximum Gasteiger partial charge on any atom is 0.331 e. The summed E-state index contributed by atoms with van der Waals surface area (Å²) in [5, 5.41) is 8.15. The molecule has 70 valence electrons. The van der Waals surface area contributed by atoms with Crippen LogP contribution in [0.25, 0.3) is 0 Å². The van der Waals surface area contributed by atoms with E-state index in [1.807, 2.05) is 0 Å². The third-order valence-corrected chi connectivity index (χ3v) is 0.956. The molecule has 0 amide bonds. The summed E-state index contributed by atoms with van der Waals surface area (Å²) in [6.07, 6.45) is 6.32. The average molecular weight is 182 g/mol. The van der Waals surface area contributed by atoms with Crippen molar-refractivity contribution in [3.05, 3.63) is 37.0 Å². The number of aliphatic carboxylic acids is 1. The molecule has 0 radical (unpaired) electrons. The molecule has 4 heteroatoms. The van der Waals surface area contributed by atoms with Crippen LogP contribution in [-0.4, -0.2) is 23.7 Å². The molecule has 4 nitrogen and oxygen atoms in total. The number of ether oxygens (including phenoxy) is 1. The van der Waals surface area contributed by atoms with Crippen molar-refractivity contribution >= 4 is 11.9 Å². The van der Waals surface area contributed by atoms with Gasteiger partial charge < -0.3 is 9.84 Å². The molecule has 0 saturated carbocycles. The first kappa shape index (κ1) is 11.2. The van der Waals surface area contributed by atoms with Gasteiger partial charge in [-0.1, -0.05) is 18.7 Å². The highest BCUT2D eigenvalue weighted by molar-refractivity contribution is 5.90. The van der Waals surface area contributed by atoms with Gasteiger partial charge in [-0.05, 0) is 6.08 Å². The van der Waals surface area contributed by atoms with Gasteiger partial charge in [-0.3, -0.25) is 0 Å². The van der Waals surface area contributed by atoms with Crippen molar-refractivity contribution in [3.63, 3.8) is 0 Å². The molecular weight excluding hydrogens is 172 g/mol. The lowest BCUT2D eigenvalue weighted by Crippen LogP contribution is -2.01. The van der Waals surface area contributed by atoms with E-state index in [0.29, 0.717) is 0 Å². The van der Waals surface area contributed by atoms with E-state index in [1.54, 1.807) is 18.2 Å². The van der Waals surface area contributed by atoms with Gasteiger partial charge in [0.1, 0.15) is 6.61 Å². The largest absolute Gasteiger partial charge is 0.478 e. The van der Waals surface area contributed by atoms with Crippen molar-refractivity contribution in [2.45, 2.75) is 0 Å². The predicted octanol–water partition coefficient (Wildman–Crippen LogP) is 0.913. The molecule has 0 rings (SSSR count). The standard InChI is InChI=1S/C9H10O4/c1-2-3-4-7-13-9(12)6-5-8(10)11/h2-6H,1,7H2,(H,10,11)/b4-3+,6-5-. The van der Waals surface area contributed by atoms with Crippen molar-refractivity contribution in [1.29, 1.82) is 0 Å².